The zero-order chi connectivity index (χ0) is 15.2. The second kappa shape index (κ2) is 6.69. The lowest BCUT2D eigenvalue weighted by atomic mass is 10.1. The molecule has 0 spiro atoms. The SMILES string of the molecule is CC(C)c1cc(NC(=O)CNC(=O)c2ccccc2)n[nH]1. The van der Waals surface area contributed by atoms with Crippen LogP contribution in [0.2, 0.25) is 0 Å². The van der Waals surface area contributed by atoms with Crippen LogP contribution >= 0.6 is 0 Å². The zero-order valence-electron chi connectivity index (χ0n) is 12.0. The summed E-state index contributed by atoms with van der Waals surface area (Å²) in [5.74, 6) is 0.162. The van der Waals surface area contributed by atoms with Crippen LogP contribution in [0.15, 0.2) is 36.4 Å². The average Bonchev–Trinajstić information content (AvgIpc) is 2.94. The lowest BCUT2D eigenvalue weighted by Gasteiger charge is -2.05. The van der Waals surface area contributed by atoms with E-state index in [1.165, 1.54) is 0 Å². The molecule has 0 saturated carbocycles. The molecule has 0 aliphatic carbocycles. The van der Waals surface area contributed by atoms with Gasteiger partial charge in [-0.3, -0.25) is 14.7 Å². The Kier molecular flexibility index (Phi) is 4.71. The van der Waals surface area contributed by atoms with E-state index in [1.807, 2.05) is 19.9 Å². The molecule has 0 fully saturated rings. The first-order valence-electron chi connectivity index (χ1n) is 6.74. The minimum Gasteiger partial charge on any atom is -0.343 e. The number of amides is 2. The van der Waals surface area contributed by atoms with Gasteiger partial charge in [-0.25, -0.2) is 0 Å². The number of nitrogens with one attached hydrogen (secondary N) is 3. The van der Waals surface area contributed by atoms with Crippen LogP contribution in [-0.2, 0) is 4.79 Å². The summed E-state index contributed by atoms with van der Waals surface area (Å²) >= 11 is 0. The summed E-state index contributed by atoms with van der Waals surface area (Å²) in [5.41, 5.74) is 1.46. The topological polar surface area (TPSA) is 86.9 Å². The number of benzene rings is 1. The van der Waals surface area contributed by atoms with E-state index in [1.54, 1.807) is 30.3 Å². The van der Waals surface area contributed by atoms with Crippen LogP contribution in [0.1, 0.15) is 35.8 Å². The third kappa shape index (κ3) is 4.17. The summed E-state index contributed by atoms with van der Waals surface area (Å²) in [5, 5.41) is 12.0. The first-order valence-corrected chi connectivity index (χ1v) is 6.74. The predicted octanol–water partition coefficient (Wildman–Crippen LogP) is 1.90. The first kappa shape index (κ1) is 14.8. The molecule has 6 heteroatoms. The van der Waals surface area contributed by atoms with E-state index in [0.717, 1.165) is 5.69 Å². The maximum Gasteiger partial charge on any atom is 0.251 e. The number of carbonyl (C=O) groups is 2. The van der Waals surface area contributed by atoms with Crippen LogP contribution in [0.25, 0.3) is 0 Å². The van der Waals surface area contributed by atoms with Crippen LogP contribution in [0.5, 0.6) is 0 Å². The molecule has 1 aromatic carbocycles. The van der Waals surface area contributed by atoms with Crippen molar-refractivity contribution < 1.29 is 9.59 Å². The molecule has 0 aliphatic rings. The highest BCUT2D eigenvalue weighted by atomic mass is 16.2. The van der Waals surface area contributed by atoms with Gasteiger partial charge in [-0.2, -0.15) is 5.10 Å². The monoisotopic (exact) mass is 286 g/mol. The maximum atomic E-state index is 11.8. The van der Waals surface area contributed by atoms with E-state index in [0.29, 0.717) is 17.3 Å². The molecule has 0 radical (unpaired) electrons. The minimum atomic E-state index is -0.318. The third-order valence-corrected chi connectivity index (χ3v) is 2.93. The number of anilines is 1. The van der Waals surface area contributed by atoms with Crippen LogP contribution < -0.4 is 10.6 Å². The number of aromatic nitrogens is 2. The average molecular weight is 286 g/mol. The second-order valence-electron chi connectivity index (χ2n) is 4.96. The van der Waals surface area contributed by atoms with Crippen LogP contribution in [0, 0.1) is 0 Å². The van der Waals surface area contributed by atoms with E-state index in [2.05, 4.69) is 20.8 Å². The molecule has 2 rings (SSSR count). The minimum absolute atomic E-state index is 0.0996. The van der Waals surface area contributed by atoms with Crippen molar-refractivity contribution in [1.29, 1.82) is 0 Å². The van der Waals surface area contributed by atoms with Gasteiger partial charge in [0.05, 0.1) is 6.54 Å². The van der Waals surface area contributed by atoms with E-state index in [-0.39, 0.29) is 18.4 Å². The highest BCUT2D eigenvalue weighted by Gasteiger charge is 2.10. The number of hydrogen-bond donors (Lipinski definition) is 3. The van der Waals surface area contributed by atoms with E-state index in [9.17, 15) is 9.59 Å². The van der Waals surface area contributed by atoms with Crippen molar-refractivity contribution in [3.63, 3.8) is 0 Å². The van der Waals surface area contributed by atoms with Crippen molar-refractivity contribution in [3.05, 3.63) is 47.7 Å². The molecular formula is C15H18N4O2. The van der Waals surface area contributed by atoms with Gasteiger partial charge in [0.2, 0.25) is 5.91 Å². The van der Waals surface area contributed by atoms with Crippen molar-refractivity contribution >= 4 is 17.6 Å². The highest BCUT2D eigenvalue weighted by Crippen LogP contribution is 2.14. The van der Waals surface area contributed by atoms with Crippen molar-refractivity contribution in [2.45, 2.75) is 19.8 Å². The standard InChI is InChI=1S/C15H18N4O2/c1-10(2)12-8-13(19-18-12)17-14(20)9-16-15(21)11-6-4-3-5-7-11/h3-8,10H,9H2,1-2H3,(H,16,21)(H2,17,18,19,20). The van der Waals surface area contributed by atoms with E-state index in [4.69, 9.17) is 0 Å². The molecule has 0 saturated heterocycles. The molecule has 1 aromatic heterocycles. The van der Waals surface area contributed by atoms with Crippen LogP contribution in [0.3, 0.4) is 0 Å². The van der Waals surface area contributed by atoms with Gasteiger partial charge >= 0.3 is 0 Å². The Balaban J connectivity index is 1.83. The van der Waals surface area contributed by atoms with Gasteiger partial charge < -0.3 is 10.6 Å². The summed E-state index contributed by atoms with van der Waals surface area (Å²) in [6.45, 7) is 3.95. The molecule has 3 N–H and O–H groups in total. The van der Waals surface area contributed by atoms with Gasteiger partial charge in [-0.05, 0) is 18.1 Å². The Hall–Kier alpha value is -2.63. The Morgan fingerprint density at radius 2 is 1.95 bits per heavy atom. The molecule has 0 bridgehead atoms. The lowest BCUT2D eigenvalue weighted by molar-refractivity contribution is -0.115. The van der Waals surface area contributed by atoms with Gasteiger partial charge in [0.25, 0.3) is 5.91 Å². The molecular weight excluding hydrogens is 268 g/mol. The molecule has 0 aliphatic heterocycles. The second-order valence-corrected chi connectivity index (χ2v) is 4.96. The highest BCUT2D eigenvalue weighted by molar-refractivity contribution is 5.98. The van der Waals surface area contributed by atoms with Crippen LogP contribution in [-0.4, -0.2) is 28.6 Å². The fraction of sp³-hybridized carbons (Fsp3) is 0.267. The predicted molar refractivity (Wildman–Crippen MR) is 80.1 cm³/mol. The number of H-pyrrole nitrogens is 1. The normalized spacial score (nSPS) is 10.4. The first-order chi connectivity index (χ1) is 10.1. The number of nitrogens with zero attached hydrogens (tertiary/aromatic N) is 1. The lowest BCUT2D eigenvalue weighted by Crippen LogP contribution is -2.32. The fourth-order valence-electron chi connectivity index (χ4n) is 1.74. The molecule has 0 atom stereocenters. The smallest absolute Gasteiger partial charge is 0.251 e. The fourth-order valence-corrected chi connectivity index (χ4v) is 1.74. The Morgan fingerprint density at radius 1 is 1.24 bits per heavy atom. The molecule has 0 unspecified atom stereocenters. The Morgan fingerprint density at radius 3 is 2.57 bits per heavy atom. The summed E-state index contributed by atoms with van der Waals surface area (Å²) in [6.07, 6.45) is 0. The van der Waals surface area contributed by atoms with E-state index >= 15 is 0 Å². The zero-order valence-corrected chi connectivity index (χ0v) is 12.0. The Bertz CT molecular complexity index is 620. The van der Waals surface area contributed by atoms with Gasteiger partial charge in [-0.15, -0.1) is 0 Å². The van der Waals surface area contributed by atoms with Gasteiger partial charge in [-0.1, -0.05) is 32.0 Å². The molecule has 6 nitrogen and oxygen atoms in total. The quantitative estimate of drug-likeness (QED) is 0.784. The van der Waals surface area contributed by atoms with Crippen molar-refractivity contribution in [1.82, 2.24) is 15.5 Å². The largest absolute Gasteiger partial charge is 0.343 e. The molecule has 21 heavy (non-hydrogen) atoms. The number of rotatable bonds is 5. The molecule has 1 heterocycles. The van der Waals surface area contributed by atoms with Gasteiger partial charge in [0, 0.05) is 17.3 Å². The summed E-state index contributed by atoms with van der Waals surface area (Å²) in [4.78, 5) is 23.5. The maximum absolute atomic E-state index is 11.8. The number of aromatic amines is 1. The molecule has 110 valence electrons. The van der Waals surface area contributed by atoms with Gasteiger partial charge in [0.1, 0.15) is 0 Å². The number of hydrogen-bond acceptors (Lipinski definition) is 3. The summed E-state index contributed by atoms with van der Waals surface area (Å²) < 4.78 is 0. The summed E-state index contributed by atoms with van der Waals surface area (Å²) in [6, 6.07) is 10.5. The molecule has 2 aromatic rings. The number of carbonyl (C=O) groups excluding carboxylic acids is 2. The summed E-state index contributed by atoms with van der Waals surface area (Å²) in [7, 11) is 0. The third-order valence-electron chi connectivity index (χ3n) is 2.93. The molecule has 2 amide bonds. The van der Waals surface area contributed by atoms with Crippen molar-refractivity contribution in [3.8, 4) is 0 Å². The van der Waals surface area contributed by atoms with E-state index < -0.39 is 0 Å². The van der Waals surface area contributed by atoms with Crippen molar-refractivity contribution in [2.75, 3.05) is 11.9 Å². The van der Waals surface area contributed by atoms with Crippen LogP contribution in [0.4, 0.5) is 5.82 Å². The van der Waals surface area contributed by atoms with Crippen molar-refractivity contribution in [2.24, 2.45) is 0 Å². The van der Waals surface area contributed by atoms with Gasteiger partial charge in [0.15, 0.2) is 5.82 Å². The Labute approximate surface area is 122 Å².